The Balaban J connectivity index is 2.27. The Morgan fingerprint density at radius 2 is 1.76 bits per heavy atom. The molecule has 1 heterocycles. The first-order valence-corrected chi connectivity index (χ1v) is 8.23. The summed E-state index contributed by atoms with van der Waals surface area (Å²) in [4.78, 5) is 18.2. The molecule has 6 heteroatoms. The molecule has 0 saturated heterocycles. The van der Waals surface area contributed by atoms with Crippen LogP contribution in [0.5, 0.6) is 0 Å². The van der Waals surface area contributed by atoms with Crippen LogP contribution in [0, 0.1) is 5.82 Å². The number of pyridine rings is 1. The SMILES string of the molecule is CCN(CC(C)(C)O)C(=O)NC(c1ccncc1)c1ccc(F)cc1. The highest BCUT2D eigenvalue weighted by atomic mass is 19.1. The zero-order valence-electron chi connectivity index (χ0n) is 14.7. The molecule has 0 fully saturated rings. The Morgan fingerprint density at radius 1 is 1.20 bits per heavy atom. The van der Waals surface area contributed by atoms with Crippen molar-refractivity contribution < 1.29 is 14.3 Å². The van der Waals surface area contributed by atoms with Crippen LogP contribution in [-0.2, 0) is 0 Å². The van der Waals surface area contributed by atoms with E-state index in [9.17, 15) is 14.3 Å². The minimum atomic E-state index is -0.991. The summed E-state index contributed by atoms with van der Waals surface area (Å²) in [6.07, 6.45) is 3.29. The number of aromatic nitrogens is 1. The smallest absolute Gasteiger partial charge is 0.318 e. The van der Waals surface area contributed by atoms with Crippen molar-refractivity contribution in [1.29, 1.82) is 0 Å². The summed E-state index contributed by atoms with van der Waals surface area (Å²) in [5.41, 5.74) is 0.615. The second kappa shape index (κ2) is 8.07. The zero-order chi connectivity index (χ0) is 18.4. The lowest BCUT2D eigenvalue weighted by Gasteiger charge is -2.30. The van der Waals surface area contributed by atoms with Gasteiger partial charge in [-0.25, -0.2) is 9.18 Å². The molecule has 2 aromatic rings. The zero-order valence-corrected chi connectivity index (χ0v) is 14.7. The Morgan fingerprint density at radius 3 is 2.28 bits per heavy atom. The number of aliphatic hydroxyl groups is 1. The van der Waals surface area contributed by atoms with Gasteiger partial charge in [0.2, 0.25) is 0 Å². The maximum absolute atomic E-state index is 13.3. The first kappa shape index (κ1) is 18.9. The van der Waals surface area contributed by atoms with Crippen LogP contribution in [0.25, 0.3) is 0 Å². The molecular weight excluding hydrogens is 321 g/mol. The maximum atomic E-state index is 13.3. The highest BCUT2D eigenvalue weighted by Crippen LogP contribution is 2.22. The van der Waals surface area contributed by atoms with Crippen molar-refractivity contribution in [2.24, 2.45) is 0 Å². The summed E-state index contributed by atoms with van der Waals surface area (Å²) in [6, 6.07) is 8.90. The number of amides is 2. The molecule has 1 aromatic carbocycles. The Labute approximate surface area is 147 Å². The quantitative estimate of drug-likeness (QED) is 0.845. The lowest BCUT2D eigenvalue weighted by atomic mass is 9.99. The Kier molecular flexibility index (Phi) is 6.09. The van der Waals surface area contributed by atoms with Gasteiger partial charge < -0.3 is 15.3 Å². The number of benzene rings is 1. The summed E-state index contributed by atoms with van der Waals surface area (Å²) in [5.74, 6) is -0.333. The number of carbonyl (C=O) groups excluding carboxylic acids is 1. The first-order chi connectivity index (χ1) is 11.8. The number of nitrogens with zero attached hydrogens (tertiary/aromatic N) is 2. The van der Waals surface area contributed by atoms with Crippen molar-refractivity contribution in [3.05, 3.63) is 65.7 Å². The minimum absolute atomic E-state index is 0.210. The van der Waals surface area contributed by atoms with E-state index in [0.29, 0.717) is 6.54 Å². The predicted molar refractivity (Wildman–Crippen MR) is 94.6 cm³/mol. The maximum Gasteiger partial charge on any atom is 0.318 e. The van der Waals surface area contributed by atoms with E-state index in [1.54, 1.807) is 50.5 Å². The second-order valence-corrected chi connectivity index (χ2v) is 6.54. The largest absolute Gasteiger partial charge is 0.389 e. The van der Waals surface area contributed by atoms with Crippen molar-refractivity contribution in [3.8, 4) is 0 Å². The number of halogens is 1. The number of rotatable bonds is 6. The number of carbonyl (C=O) groups is 1. The summed E-state index contributed by atoms with van der Waals surface area (Å²) in [6.45, 7) is 5.83. The Bertz CT molecular complexity index is 684. The summed E-state index contributed by atoms with van der Waals surface area (Å²) in [5, 5.41) is 13.0. The van der Waals surface area contributed by atoms with E-state index in [-0.39, 0.29) is 18.4 Å². The number of urea groups is 1. The third kappa shape index (κ3) is 5.53. The van der Waals surface area contributed by atoms with Crippen LogP contribution in [0.1, 0.15) is 37.9 Å². The van der Waals surface area contributed by atoms with Crippen molar-refractivity contribution >= 4 is 6.03 Å². The highest BCUT2D eigenvalue weighted by Gasteiger charge is 2.24. The number of likely N-dealkylation sites (N-methyl/N-ethyl adjacent to an activating group) is 1. The van der Waals surface area contributed by atoms with Crippen molar-refractivity contribution in [3.63, 3.8) is 0 Å². The molecule has 0 bridgehead atoms. The van der Waals surface area contributed by atoms with Crippen LogP contribution < -0.4 is 5.32 Å². The van der Waals surface area contributed by atoms with Gasteiger partial charge in [-0.15, -0.1) is 0 Å². The van der Waals surface area contributed by atoms with E-state index < -0.39 is 11.6 Å². The van der Waals surface area contributed by atoms with Gasteiger partial charge in [-0.1, -0.05) is 12.1 Å². The molecule has 2 N–H and O–H groups in total. The molecule has 1 unspecified atom stereocenters. The van der Waals surface area contributed by atoms with Crippen molar-refractivity contribution in [2.75, 3.05) is 13.1 Å². The number of hydrogen-bond acceptors (Lipinski definition) is 3. The molecule has 0 radical (unpaired) electrons. The third-order valence-corrected chi connectivity index (χ3v) is 3.76. The molecule has 2 rings (SSSR count). The van der Waals surface area contributed by atoms with Crippen LogP contribution in [0.15, 0.2) is 48.8 Å². The Hall–Kier alpha value is -2.47. The van der Waals surface area contributed by atoms with Crippen LogP contribution >= 0.6 is 0 Å². The molecular formula is C19H24FN3O2. The monoisotopic (exact) mass is 345 g/mol. The van der Waals surface area contributed by atoms with E-state index in [1.165, 1.54) is 17.0 Å². The lowest BCUT2D eigenvalue weighted by molar-refractivity contribution is 0.0477. The molecule has 134 valence electrons. The standard InChI is InChI=1S/C19H24FN3O2/c1-4-23(13-19(2,3)25)18(24)22-17(15-9-11-21-12-10-15)14-5-7-16(20)8-6-14/h5-12,17,25H,4,13H2,1-3H3,(H,22,24). The minimum Gasteiger partial charge on any atom is -0.389 e. The molecule has 0 aliphatic heterocycles. The lowest BCUT2D eigenvalue weighted by Crippen LogP contribution is -2.47. The summed E-state index contributed by atoms with van der Waals surface area (Å²) < 4.78 is 13.3. The van der Waals surface area contributed by atoms with Crippen molar-refractivity contribution in [1.82, 2.24) is 15.2 Å². The molecule has 0 aliphatic rings. The fourth-order valence-electron chi connectivity index (χ4n) is 2.58. The van der Waals surface area contributed by atoms with E-state index >= 15 is 0 Å². The summed E-state index contributed by atoms with van der Waals surface area (Å²) in [7, 11) is 0. The fourth-order valence-corrected chi connectivity index (χ4v) is 2.58. The predicted octanol–water partition coefficient (Wildman–Crippen LogP) is 3.11. The van der Waals surface area contributed by atoms with Gasteiger partial charge in [0.05, 0.1) is 18.2 Å². The second-order valence-electron chi connectivity index (χ2n) is 6.54. The topological polar surface area (TPSA) is 65.5 Å². The first-order valence-electron chi connectivity index (χ1n) is 8.23. The van der Waals surface area contributed by atoms with Gasteiger partial charge >= 0.3 is 6.03 Å². The van der Waals surface area contributed by atoms with E-state index in [4.69, 9.17) is 0 Å². The van der Waals surface area contributed by atoms with Gasteiger partial charge in [0.15, 0.2) is 0 Å². The molecule has 1 atom stereocenters. The van der Waals surface area contributed by atoms with Crippen LogP contribution in [-0.4, -0.2) is 39.7 Å². The molecule has 2 amide bonds. The van der Waals surface area contributed by atoms with E-state index in [0.717, 1.165) is 11.1 Å². The summed E-state index contributed by atoms with van der Waals surface area (Å²) >= 11 is 0. The fraction of sp³-hybridized carbons (Fsp3) is 0.368. The average molecular weight is 345 g/mol. The normalized spacial score (nSPS) is 12.5. The van der Waals surface area contributed by atoms with Gasteiger partial charge in [-0.2, -0.15) is 0 Å². The molecule has 0 aliphatic carbocycles. The van der Waals surface area contributed by atoms with Crippen LogP contribution in [0.4, 0.5) is 9.18 Å². The van der Waals surface area contributed by atoms with Gasteiger partial charge in [0, 0.05) is 18.9 Å². The van der Waals surface area contributed by atoms with Gasteiger partial charge in [-0.3, -0.25) is 4.98 Å². The van der Waals surface area contributed by atoms with Crippen LogP contribution in [0.3, 0.4) is 0 Å². The van der Waals surface area contributed by atoms with Gasteiger partial charge in [-0.05, 0) is 56.2 Å². The molecule has 1 aromatic heterocycles. The molecule has 25 heavy (non-hydrogen) atoms. The van der Waals surface area contributed by atoms with Crippen molar-refractivity contribution in [2.45, 2.75) is 32.4 Å². The van der Waals surface area contributed by atoms with E-state index in [1.807, 2.05) is 6.92 Å². The van der Waals surface area contributed by atoms with Crippen LogP contribution in [0.2, 0.25) is 0 Å². The van der Waals surface area contributed by atoms with E-state index in [2.05, 4.69) is 10.3 Å². The van der Waals surface area contributed by atoms with Gasteiger partial charge in [0.1, 0.15) is 5.82 Å². The number of nitrogens with one attached hydrogen (secondary N) is 1. The highest BCUT2D eigenvalue weighted by molar-refractivity contribution is 5.75. The molecule has 0 spiro atoms. The number of hydrogen-bond donors (Lipinski definition) is 2. The molecule has 5 nitrogen and oxygen atoms in total. The molecule has 0 saturated carbocycles. The average Bonchev–Trinajstić information content (AvgIpc) is 2.58. The van der Waals surface area contributed by atoms with Gasteiger partial charge in [0.25, 0.3) is 0 Å². The third-order valence-electron chi connectivity index (χ3n) is 3.76.